The second kappa shape index (κ2) is 16.9. The number of ether oxygens (including phenoxy) is 1. The molecule has 0 aromatic carbocycles. The summed E-state index contributed by atoms with van der Waals surface area (Å²) in [6.45, 7) is 0.323. The van der Waals surface area contributed by atoms with Crippen LogP contribution in [0.2, 0.25) is 0 Å². The van der Waals surface area contributed by atoms with E-state index in [-0.39, 0.29) is 43.0 Å². The predicted octanol–water partition coefficient (Wildman–Crippen LogP) is -1.28. The number of phosphoric ester groups is 3. The molecule has 1 fully saturated rings. The number of aliphatic hydroxyl groups excluding tert-OH is 2. The first-order valence-electron chi connectivity index (χ1n) is 14.1. The van der Waals surface area contributed by atoms with Gasteiger partial charge in [0.05, 0.1) is 19.5 Å². The highest BCUT2D eigenvalue weighted by molar-refractivity contribution is 7.61. The molecule has 2 amide bonds. The van der Waals surface area contributed by atoms with Gasteiger partial charge >= 0.3 is 23.5 Å². The van der Waals surface area contributed by atoms with Gasteiger partial charge in [-0.25, -0.2) is 28.6 Å². The summed E-state index contributed by atoms with van der Waals surface area (Å²) < 4.78 is 61.7. The molecule has 7 atom stereocenters. The van der Waals surface area contributed by atoms with Gasteiger partial charge in [0.25, 0.3) is 0 Å². The van der Waals surface area contributed by atoms with E-state index in [4.69, 9.17) is 25.0 Å². The highest BCUT2D eigenvalue weighted by Gasteiger charge is 2.50. The Kier molecular flexibility index (Phi) is 14.0. The molecule has 3 heterocycles. The maximum absolute atomic E-state index is 12.6. The summed E-state index contributed by atoms with van der Waals surface area (Å²) >= 11 is 0. The fraction of sp³-hybridized carbons (Fsp3) is 0.667. The number of nitrogen functional groups attached to an aromatic ring is 1. The minimum absolute atomic E-state index is 0.0178. The van der Waals surface area contributed by atoms with E-state index in [9.17, 15) is 53.1 Å². The van der Waals surface area contributed by atoms with Crippen molar-refractivity contribution < 1.29 is 75.7 Å². The number of hydrogen-bond acceptors (Lipinski definition) is 17. The first-order valence-corrected chi connectivity index (χ1v) is 18.6. The fourth-order valence-electron chi connectivity index (χ4n) is 4.23. The van der Waals surface area contributed by atoms with Gasteiger partial charge in [-0.2, -0.15) is 4.31 Å². The number of rotatable bonds is 19. The Hall–Kier alpha value is -3.15. The number of carbonyl (C=O) groups excluding carboxylic acids is 2. The number of aliphatic hydroxyl groups is 2. The molecule has 1 aliphatic heterocycles. The third kappa shape index (κ3) is 11.7. The first kappa shape index (κ1) is 41.3. The molecule has 2 aromatic rings. The van der Waals surface area contributed by atoms with Crippen LogP contribution in [0.4, 0.5) is 5.82 Å². The van der Waals surface area contributed by atoms with Gasteiger partial charge in [-0.3, -0.25) is 27.7 Å². The summed E-state index contributed by atoms with van der Waals surface area (Å²) in [7, 11) is -16.4. The average molecular weight is 776 g/mol. The number of nitrogens with zero attached hydrogens (tertiary/aromatic N) is 7. The second-order valence-electron chi connectivity index (χ2n) is 11.0. The van der Waals surface area contributed by atoms with Crippen LogP contribution in [-0.4, -0.2) is 118 Å². The second-order valence-corrected chi connectivity index (χ2v) is 15.3. The Morgan fingerprint density at radius 3 is 2.48 bits per heavy atom. The monoisotopic (exact) mass is 776 g/mol. The lowest BCUT2D eigenvalue weighted by atomic mass is 9.87. The molecule has 0 spiro atoms. The number of aromatic nitrogens is 4. The molecule has 1 saturated heterocycles. The molecule has 0 radical (unpaired) electrons. The van der Waals surface area contributed by atoms with E-state index < -0.39 is 84.6 Å². The predicted molar refractivity (Wildman–Crippen MR) is 164 cm³/mol. The zero-order valence-electron chi connectivity index (χ0n) is 26.1. The Morgan fingerprint density at radius 1 is 1.14 bits per heavy atom. The molecular weight excluding hydrogens is 741 g/mol. The SMILES string of the molecule is CC(C)(COP(=O)(O)OP(=O)(O)OCC1OC(n2cnc3c(N)ncnc32)C(O)C1OP(=O)(O)O)[C@@H](O)C(=O)NCCC(=O)NCCN=[N+]=[N-]. The number of hydrogen-bond donors (Lipinski definition) is 9. The van der Waals surface area contributed by atoms with Crippen molar-refractivity contribution in [2.24, 2.45) is 10.5 Å². The maximum atomic E-state index is 12.6. The Morgan fingerprint density at radius 2 is 1.82 bits per heavy atom. The lowest BCUT2D eigenvalue weighted by Crippen LogP contribution is -2.46. The number of imidazole rings is 1. The molecule has 26 nitrogen and oxygen atoms in total. The molecule has 10 N–H and O–H groups in total. The molecule has 50 heavy (non-hydrogen) atoms. The minimum Gasteiger partial charge on any atom is -0.386 e. The Balaban J connectivity index is 1.57. The normalized spacial score (nSPS) is 22.6. The van der Waals surface area contributed by atoms with Crippen molar-refractivity contribution in [2.45, 2.75) is 50.9 Å². The zero-order valence-corrected chi connectivity index (χ0v) is 28.8. The summed E-state index contributed by atoms with van der Waals surface area (Å²) in [5.74, 6) is -1.52. The van der Waals surface area contributed by atoms with Crippen molar-refractivity contribution in [3.05, 3.63) is 23.1 Å². The van der Waals surface area contributed by atoms with Gasteiger partial charge in [-0.15, -0.1) is 0 Å². The van der Waals surface area contributed by atoms with Crippen molar-refractivity contribution in [1.29, 1.82) is 0 Å². The van der Waals surface area contributed by atoms with Gasteiger partial charge in [-0.1, -0.05) is 19.0 Å². The highest BCUT2D eigenvalue weighted by atomic mass is 31.3. The van der Waals surface area contributed by atoms with Crippen molar-refractivity contribution in [2.75, 3.05) is 38.6 Å². The first-order chi connectivity index (χ1) is 23.2. The average Bonchev–Trinajstić information content (AvgIpc) is 3.57. The number of nitrogens with two attached hydrogens (primary N) is 1. The third-order valence-electron chi connectivity index (χ3n) is 6.67. The molecule has 3 rings (SSSR count). The van der Waals surface area contributed by atoms with Crippen molar-refractivity contribution in [1.82, 2.24) is 30.2 Å². The fourth-order valence-corrected chi connectivity index (χ4v) is 7.06. The lowest BCUT2D eigenvalue weighted by Gasteiger charge is -2.30. The summed E-state index contributed by atoms with van der Waals surface area (Å²) in [5.41, 5.74) is 12.4. The molecule has 2 aromatic heterocycles. The number of carbonyl (C=O) groups is 2. The van der Waals surface area contributed by atoms with Crippen LogP contribution in [0.1, 0.15) is 26.5 Å². The van der Waals surface area contributed by atoms with Crippen LogP contribution in [0.5, 0.6) is 0 Å². The van der Waals surface area contributed by atoms with Crippen molar-refractivity contribution >= 4 is 52.3 Å². The van der Waals surface area contributed by atoms with Crippen molar-refractivity contribution in [3.63, 3.8) is 0 Å². The summed E-state index contributed by atoms with van der Waals surface area (Å²) in [5, 5.41) is 29.2. The topological polar surface area (TPSA) is 395 Å². The van der Waals surface area contributed by atoms with Gasteiger partial charge in [0.2, 0.25) is 11.8 Å². The van der Waals surface area contributed by atoms with E-state index in [0.29, 0.717) is 0 Å². The molecular formula is C21H35N10O16P3. The largest absolute Gasteiger partial charge is 0.481 e. The molecule has 0 bridgehead atoms. The molecule has 280 valence electrons. The smallest absolute Gasteiger partial charge is 0.386 e. The van der Waals surface area contributed by atoms with Gasteiger partial charge in [0.1, 0.15) is 36.3 Å². The number of phosphoric acid groups is 3. The third-order valence-corrected chi connectivity index (χ3v) is 9.77. The molecule has 0 saturated carbocycles. The highest BCUT2D eigenvalue weighted by Crippen LogP contribution is 2.61. The maximum Gasteiger partial charge on any atom is 0.481 e. The Bertz CT molecular complexity index is 1720. The van der Waals surface area contributed by atoms with Crippen LogP contribution in [0.15, 0.2) is 17.8 Å². The molecule has 1 aliphatic rings. The van der Waals surface area contributed by atoms with E-state index in [1.54, 1.807) is 0 Å². The number of fused-ring (bicyclic) bond motifs is 1. The van der Waals surface area contributed by atoms with Crippen LogP contribution in [-0.2, 0) is 45.9 Å². The molecule has 0 aliphatic carbocycles. The van der Waals surface area contributed by atoms with E-state index in [1.807, 2.05) is 0 Å². The summed E-state index contributed by atoms with van der Waals surface area (Å²) in [4.78, 5) is 77.3. The quantitative estimate of drug-likeness (QED) is 0.0263. The minimum atomic E-state index is -5.56. The number of azide groups is 1. The van der Waals surface area contributed by atoms with Crippen molar-refractivity contribution in [3.8, 4) is 0 Å². The van der Waals surface area contributed by atoms with E-state index >= 15 is 0 Å². The van der Waals surface area contributed by atoms with E-state index in [0.717, 1.165) is 17.2 Å². The van der Waals surface area contributed by atoms with Gasteiger partial charge in [-0.05, 0) is 5.53 Å². The van der Waals surface area contributed by atoms with Crippen LogP contribution >= 0.6 is 23.5 Å². The van der Waals surface area contributed by atoms with Gasteiger partial charge in [0.15, 0.2) is 17.7 Å². The number of anilines is 1. The lowest BCUT2D eigenvalue weighted by molar-refractivity contribution is -0.137. The summed E-state index contributed by atoms with van der Waals surface area (Å²) in [6, 6.07) is 0. The van der Waals surface area contributed by atoms with Crippen LogP contribution in [0.3, 0.4) is 0 Å². The molecule has 6 unspecified atom stereocenters. The van der Waals surface area contributed by atoms with Crippen LogP contribution in [0, 0.1) is 5.41 Å². The van der Waals surface area contributed by atoms with E-state index in [2.05, 4.69) is 44.4 Å². The van der Waals surface area contributed by atoms with E-state index in [1.165, 1.54) is 13.8 Å². The number of nitrogens with one attached hydrogen (secondary N) is 2. The van der Waals surface area contributed by atoms with Gasteiger partial charge < -0.3 is 50.9 Å². The summed E-state index contributed by atoms with van der Waals surface area (Å²) in [6.07, 6.45) is -6.94. The van der Waals surface area contributed by atoms with Gasteiger partial charge in [0, 0.05) is 36.4 Å². The van der Waals surface area contributed by atoms with Crippen LogP contribution in [0.25, 0.3) is 21.6 Å². The van der Waals surface area contributed by atoms with Crippen LogP contribution < -0.4 is 16.4 Å². The number of amides is 2. The standard InChI is InChI=1S/C21H35N10O16P3/c1-21(2,16(34)19(35)25-4-3-12(32)24-5-6-29-30-23)8-44-50(41,42)47-49(39,40)43-7-11-15(46-48(36,37)38)14(33)20(45-11)31-10-28-13-17(22)26-9-27-18(13)31/h9-11,14-16,20,33-34H,3-8H2,1-2H3,(H,24,32)(H,25,35)(H,39,40)(H,41,42)(H2,22,26,27)(H2,36,37,38)/t11?,14?,15?,16-,20?/m0/s1. The zero-order chi connectivity index (χ0) is 37.5. The molecule has 29 heteroatoms. The Labute approximate surface area is 281 Å².